The number of rotatable bonds is 0. The van der Waals surface area contributed by atoms with Gasteiger partial charge in [-0.2, -0.15) is 0 Å². The minimum Gasteiger partial charge on any atom is -0.870 e. The second-order valence-corrected chi connectivity index (χ2v) is 3.37. The smallest absolute Gasteiger partial charge is 0.870 e. The molecule has 1 nitrogen and oxygen atoms in total. The van der Waals surface area contributed by atoms with Crippen LogP contribution in [-0.2, 0) is 0 Å². The summed E-state index contributed by atoms with van der Waals surface area (Å²) in [6.45, 7) is 0. The predicted octanol–water partition coefficient (Wildman–Crippen LogP) is 0.378. The summed E-state index contributed by atoms with van der Waals surface area (Å²) in [6.07, 6.45) is 0. The average molecular weight is 254 g/mol. The van der Waals surface area contributed by atoms with E-state index in [2.05, 4.69) is 0 Å². The molecule has 0 atom stereocenters. The second kappa shape index (κ2) is 5.16. The molecule has 0 aromatic heterocycles. The first-order valence-electron chi connectivity index (χ1n) is 2.54. The Morgan fingerprint density at radius 1 is 0.917 bits per heavy atom. The molecule has 0 saturated carbocycles. The van der Waals surface area contributed by atoms with Gasteiger partial charge in [0.15, 0.2) is 0 Å². The standard InChI is InChI=1S/C6H2Cl4O.Na/c7-2-1-3(8)6(11)5(10)4(2)9;/h1,11H;/q;+1/p-1. The molecule has 1 aromatic rings. The van der Waals surface area contributed by atoms with Crippen molar-refractivity contribution in [2.45, 2.75) is 0 Å². The van der Waals surface area contributed by atoms with Gasteiger partial charge in [-0.05, 0) is 6.07 Å². The zero-order valence-corrected chi connectivity index (χ0v) is 11.0. The fourth-order valence-electron chi connectivity index (χ4n) is 0.550. The van der Waals surface area contributed by atoms with E-state index in [0.29, 0.717) is 0 Å². The normalized spacial score (nSPS) is 9.33. The van der Waals surface area contributed by atoms with Crippen molar-refractivity contribution in [2.75, 3.05) is 0 Å². The zero-order valence-electron chi connectivity index (χ0n) is 6.00. The van der Waals surface area contributed by atoms with Crippen molar-refractivity contribution in [3.05, 3.63) is 26.2 Å². The molecule has 0 N–H and O–H groups in total. The third-order valence-electron chi connectivity index (χ3n) is 1.07. The molecule has 0 spiro atoms. The maximum atomic E-state index is 10.9. The quantitative estimate of drug-likeness (QED) is 0.373. The molecule has 0 aliphatic carbocycles. The molecule has 0 saturated heterocycles. The first-order chi connectivity index (χ1) is 5.04. The average Bonchev–Trinajstić information content (AvgIpc) is 1.97. The fourth-order valence-corrected chi connectivity index (χ4v) is 1.45. The summed E-state index contributed by atoms with van der Waals surface area (Å²) in [5.41, 5.74) is 0. The van der Waals surface area contributed by atoms with Crippen LogP contribution < -0.4 is 34.7 Å². The molecule has 0 radical (unpaired) electrons. The fraction of sp³-hybridized carbons (Fsp3) is 0. The summed E-state index contributed by atoms with van der Waals surface area (Å²) >= 11 is 22.0. The van der Waals surface area contributed by atoms with E-state index in [0.717, 1.165) is 0 Å². The molecule has 0 fully saturated rings. The predicted molar refractivity (Wildman–Crippen MR) is 45.9 cm³/mol. The molecule has 0 aliphatic heterocycles. The van der Waals surface area contributed by atoms with E-state index in [1.54, 1.807) is 0 Å². The van der Waals surface area contributed by atoms with Crippen molar-refractivity contribution in [2.24, 2.45) is 0 Å². The molecule has 60 valence electrons. The Balaban J connectivity index is 0.00000121. The Labute approximate surface area is 112 Å². The molecule has 0 heterocycles. The van der Waals surface area contributed by atoms with Crippen molar-refractivity contribution in [1.29, 1.82) is 0 Å². The molecule has 0 aliphatic rings. The van der Waals surface area contributed by atoms with Crippen LogP contribution in [0.25, 0.3) is 0 Å². The minimum absolute atomic E-state index is 0. The SMILES string of the molecule is [Na+].[O-]c1c(Cl)cc(Cl)c(Cl)c1Cl. The van der Waals surface area contributed by atoms with Crippen LogP contribution in [0.15, 0.2) is 6.07 Å². The van der Waals surface area contributed by atoms with Gasteiger partial charge in [0.05, 0.1) is 15.1 Å². The summed E-state index contributed by atoms with van der Waals surface area (Å²) in [4.78, 5) is 0. The topological polar surface area (TPSA) is 23.1 Å². The van der Waals surface area contributed by atoms with Crippen molar-refractivity contribution in [3.63, 3.8) is 0 Å². The van der Waals surface area contributed by atoms with Crippen LogP contribution in [-0.4, -0.2) is 0 Å². The molecule has 1 aromatic carbocycles. The van der Waals surface area contributed by atoms with Crippen molar-refractivity contribution < 1.29 is 34.7 Å². The summed E-state index contributed by atoms with van der Waals surface area (Å²) in [5.74, 6) is -0.497. The number of halogens is 4. The number of hydrogen-bond donors (Lipinski definition) is 0. The van der Waals surface area contributed by atoms with Gasteiger partial charge < -0.3 is 5.11 Å². The van der Waals surface area contributed by atoms with Crippen LogP contribution in [0.2, 0.25) is 20.1 Å². The Morgan fingerprint density at radius 2 is 1.42 bits per heavy atom. The first kappa shape index (κ1) is 13.2. The van der Waals surface area contributed by atoms with Crippen molar-refractivity contribution in [1.82, 2.24) is 0 Å². The van der Waals surface area contributed by atoms with Crippen LogP contribution in [0.5, 0.6) is 5.75 Å². The van der Waals surface area contributed by atoms with E-state index in [-0.39, 0.29) is 49.6 Å². The van der Waals surface area contributed by atoms with Crippen molar-refractivity contribution >= 4 is 46.4 Å². The van der Waals surface area contributed by atoms with Gasteiger partial charge in [-0.3, -0.25) is 0 Å². The Bertz CT molecular complexity index is 276. The molecule has 0 bridgehead atoms. The maximum Gasteiger partial charge on any atom is 1.00 e. The third-order valence-corrected chi connectivity index (χ3v) is 2.60. The van der Waals surface area contributed by atoms with Gasteiger partial charge in [-0.15, -0.1) is 0 Å². The third kappa shape index (κ3) is 2.58. The summed E-state index contributed by atoms with van der Waals surface area (Å²) < 4.78 is 0. The van der Waals surface area contributed by atoms with Crippen LogP contribution in [0.1, 0.15) is 0 Å². The summed E-state index contributed by atoms with van der Waals surface area (Å²) in [7, 11) is 0. The molecular formula is C6HCl4NaO. The summed E-state index contributed by atoms with van der Waals surface area (Å²) in [6, 6.07) is 1.26. The van der Waals surface area contributed by atoms with Crippen LogP contribution in [0, 0.1) is 0 Å². The van der Waals surface area contributed by atoms with E-state index in [1.165, 1.54) is 6.07 Å². The van der Waals surface area contributed by atoms with Gasteiger partial charge in [0, 0.05) is 5.02 Å². The molecular weight excluding hydrogens is 253 g/mol. The first-order valence-corrected chi connectivity index (χ1v) is 4.05. The molecule has 1 rings (SSSR count). The maximum absolute atomic E-state index is 10.9. The molecule has 0 unspecified atom stereocenters. The van der Waals surface area contributed by atoms with Gasteiger partial charge in [0.25, 0.3) is 0 Å². The Morgan fingerprint density at radius 3 is 1.92 bits per heavy atom. The van der Waals surface area contributed by atoms with E-state index >= 15 is 0 Å². The van der Waals surface area contributed by atoms with E-state index in [4.69, 9.17) is 46.4 Å². The minimum atomic E-state index is -0.497. The second-order valence-electron chi connectivity index (χ2n) is 1.80. The van der Waals surface area contributed by atoms with E-state index in [1.807, 2.05) is 0 Å². The van der Waals surface area contributed by atoms with Gasteiger partial charge in [-0.1, -0.05) is 52.2 Å². The summed E-state index contributed by atoms with van der Waals surface area (Å²) in [5, 5.41) is 11.0. The molecule has 0 amide bonds. The van der Waals surface area contributed by atoms with Crippen LogP contribution in [0.3, 0.4) is 0 Å². The van der Waals surface area contributed by atoms with Crippen molar-refractivity contribution in [3.8, 4) is 5.75 Å². The molecule has 12 heavy (non-hydrogen) atoms. The molecule has 6 heteroatoms. The number of hydrogen-bond acceptors (Lipinski definition) is 1. The van der Waals surface area contributed by atoms with Gasteiger partial charge in [0.2, 0.25) is 0 Å². The van der Waals surface area contributed by atoms with Crippen LogP contribution in [0.4, 0.5) is 0 Å². The Hall–Kier alpha value is 1.18. The largest absolute Gasteiger partial charge is 1.00 e. The number of benzene rings is 1. The van der Waals surface area contributed by atoms with Gasteiger partial charge in [-0.25, -0.2) is 0 Å². The van der Waals surface area contributed by atoms with Gasteiger partial charge >= 0.3 is 29.6 Å². The van der Waals surface area contributed by atoms with Crippen LogP contribution >= 0.6 is 46.4 Å². The monoisotopic (exact) mass is 252 g/mol. The zero-order chi connectivity index (χ0) is 8.59. The van der Waals surface area contributed by atoms with E-state index in [9.17, 15) is 5.11 Å². The van der Waals surface area contributed by atoms with E-state index < -0.39 is 5.75 Å². The van der Waals surface area contributed by atoms with Gasteiger partial charge in [0.1, 0.15) is 0 Å². The Kier molecular flexibility index (Phi) is 5.67.